The molecule has 0 N–H and O–H groups in total. The van der Waals surface area contributed by atoms with Crippen LogP contribution in [0.2, 0.25) is 0 Å². The van der Waals surface area contributed by atoms with E-state index in [0.717, 1.165) is 17.0 Å². The summed E-state index contributed by atoms with van der Waals surface area (Å²) >= 11 is 0. The molecule has 0 saturated heterocycles. The molecule has 0 aliphatic heterocycles. The third-order valence-corrected chi connectivity index (χ3v) is 4.57. The van der Waals surface area contributed by atoms with E-state index in [4.69, 9.17) is 14.0 Å². The summed E-state index contributed by atoms with van der Waals surface area (Å²) in [4.78, 5) is 16.7. The third kappa shape index (κ3) is 4.72. The monoisotopic (exact) mass is 400 g/mol. The Labute approximate surface area is 174 Å². The van der Waals surface area contributed by atoms with Crippen LogP contribution in [0.4, 0.5) is 0 Å². The number of Topliss-reactive ketones (excluding diaryl/α,β-unsaturated/α-hetero) is 1. The van der Waals surface area contributed by atoms with Crippen molar-refractivity contribution < 1.29 is 18.8 Å². The summed E-state index contributed by atoms with van der Waals surface area (Å²) in [6.07, 6.45) is 2.30. The first-order valence-corrected chi connectivity index (χ1v) is 9.53. The van der Waals surface area contributed by atoms with Gasteiger partial charge in [-0.05, 0) is 42.5 Å². The molecule has 6 nitrogen and oxygen atoms in total. The minimum atomic E-state index is -0.0174. The molecule has 2 aromatic heterocycles. The molecule has 0 fully saturated rings. The molecular formula is C24H20N2O4. The Bertz CT molecular complexity index is 1100. The number of carbonyl (C=O) groups is 1. The molecule has 0 aliphatic rings. The molecule has 0 bridgehead atoms. The Kier molecular flexibility index (Phi) is 5.85. The van der Waals surface area contributed by atoms with Gasteiger partial charge in [-0.2, -0.15) is 0 Å². The lowest BCUT2D eigenvalue weighted by atomic mass is 10.1. The normalized spacial score (nSPS) is 10.6. The number of aryl methyl sites for hydroxylation is 1. The molecule has 4 rings (SSSR count). The van der Waals surface area contributed by atoms with Crippen LogP contribution in [0.5, 0.6) is 17.4 Å². The highest BCUT2D eigenvalue weighted by Gasteiger charge is 2.12. The second-order valence-electron chi connectivity index (χ2n) is 6.63. The van der Waals surface area contributed by atoms with Gasteiger partial charge in [-0.3, -0.25) is 4.79 Å². The van der Waals surface area contributed by atoms with Gasteiger partial charge >= 0.3 is 0 Å². The van der Waals surface area contributed by atoms with Gasteiger partial charge in [-0.1, -0.05) is 23.4 Å². The second kappa shape index (κ2) is 9.05. The lowest BCUT2D eigenvalue weighted by Gasteiger charge is -2.05. The molecule has 2 heterocycles. The molecule has 0 amide bonds. The summed E-state index contributed by atoms with van der Waals surface area (Å²) in [5.74, 6) is 2.56. The van der Waals surface area contributed by atoms with E-state index in [9.17, 15) is 4.79 Å². The first-order valence-electron chi connectivity index (χ1n) is 9.53. The molecular weight excluding hydrogens is 380 g/mol. The Hall–Kier alpha value is -3.93. The zero-order valence-corrected chi connectivity index (χ0v) is 16.4. The largest absolute Gasteiger partial charge is 0.497 e. The van der Waals surface area contributed by atoms with Crippen molar-refractivity contribution in [1.29, 1.82) is 0 Å². The van der Waals surface area contributed by atoms with Crippen molar-refractivity contribution in [2.75, 3.05) is 7.11 Å². The highest BCUT2D eigenvalue weighted by Crippen LogP contribution is 2.23. The topological polar surface area (TPSA) is 74.5 Å². The summed E-state index contributed by atoms with van der Waals surface area (Å²) < 4.78 is 16.2. The van der Waals surface area contributed by atoms with Gasteiger partial charge in [-0.15, -0.1) is 0 Å². The van der Waals surface area contributed by atoms with E-state index in [1.807, 2.05) is 60.7 Å². The van der Waals surface area contributed by atoms with Crippen LogP contribution >= 0.6 is 0 Å². The van der Waals surface area contributed by atoms with Crippen LogP contribution in [-0.2, 0) is 6.42 Å². The van der Waals surface area contributed by atoms with Gasteiger partial charge in [0.15, 0.2) is 5.78 Å². The number of benzene rings is 2. The van der Waals surface area contributed by atoms with Crippen molar-refractivity contribution in [3.63, 3.8) is 0 Å². The Morgan fingerprint density at radius 2 is 1.77 bits per heavy atom. The lowest BCUT2D eigenvalue weighted by molar-refractivity contribution is 0.0980. The van der Waals surface area contributed by atoms with E-state index >= 15 is 0 Å². The number of methoxy groups -OCH3 is 1. The number of hydrogen-bond donors (Lipinski definition) is 0. The number of para-hydroxylation sites is 1. The second-order valence-corrected chi connectivity index (χ2v) is 6.63. The Morgan fingerprint density at radius 1 is 0.967 bits per heavy atom. The van der Waals surface area contributed by atoms with Crippen LogP contribution in [0.3, 0.4) is 0 Å². The van der Waals surface area contributed by atoms with Gasteiger partial charge in [0.2, 0.25) is 5.88 Å². The first-order chi connectivity index (χ1) is 14.7. The van der Waals surface area contributed by atoms with Crippen LogP contribution in [0.1, 0.15) is 22.5 Å². The molecule has 0 saturated carbocycles. The van der Waals surface area contributed by atoms with Crippen LogP contribution in [0, 0.1) is 0 Å². The summed E-state index contributed by atoms with van der Waals surface area (Å²) in [6, 6.07) is 22.2. The van der Waals surface area contributed by atoms with Gasteiger partial charge in [0.25, 0.3) is 0 Å². The fourth-order valence-electron chi connectivity index (χ4n) is 2.92. The number of pyridine rings is 1. The zero-order chi connectivity index (χ0) is 20.8. The van der Waals surface area contributed by atoms with Gasteiger partial charge in [0, 0.05) is 42.3 Å². The van der Waals surface area contributed by atoms with Crippen molar-refractivity contribution in [3.8, 4) is 28.6 Å². The number of carbonyl (C=O) groups excluding carboxylic acids is 1. The minimum absolute atomic E-state index is 0.0174. The number of ether oxygens (including phenoxy) is 2. The summed E-state index contributed by atoms with van der Waals surface area (Å²) in [5.41, 5.74) is 2.19. The molecule has 2 aromatic carbocycles. The van der Waals surface area contributed by atoms with Crippen molar-refractivity contribution in [2.24, 2.45) is 0 Å². The number of ketones is 1. The maximum absolute atomic E-state index is 12.5. The Morgan fingerprint density at radius 3 is 2.47 bits per heavy atom. The number of hydrogen-bond acceptors (Lipinski definition) is 6. The van der Waals surface area contributed by atoms with Gasteiger partial charge in [0.1, 0.15) is 23.0 Å². The molecule has 150 valence electrons. The van der Waals surface area contributed by atoms with E-state index in [-0.39, 0.29) is 5.78 Å². The van der Waals surface area contributed by atoms with Crippen LogP contribution in [0.15, 0.2) is 83.5 Å². The third-order valence-electron chi connectivity index (χ3n) is 4.57. The smallest absolute Gasteiger partial charge is 0.219 e. The zero-order valence-electron chi connectivity index (χ0n) is 16.4. The van der Waals surface area contributed by atoms with E-state index in [0.29, 0.717) is 35.8 Å². The van der Waals surface area contributed by atoms with Crippen LogP contribution in [-0.4, -0.2) is 23.0 Å². The fraction of sp³-hybridized carbons (Fsp3) is 0.125. The molecule has 4 aromatic rings. The van der Waals surface area contributed by atoms with Gasteiger partial charge in [-0.25, -0.2) is 4.98 Å². The minimum Gasteiger partial charge on any atom is -0.497 e. The average molecular weight is 400 g/mol. The van der Waals surface area contributed by atoms with Crippen molar-refractivity contribution in [1.82, 2.24) is 10.1 Å². The number of rotatable bonds is 8. The molecule has 0 aliphatic carbocycles. The Balaban J connectivity index is 1.33. The molecule has 0 unspecified atom stereocenters. The van der Waals surface area contributed by atoms with Crippen molar-refractivity contribution in [3.05, 3.63) is 90.3 Å². The molecule has 30 heavy (non-hydrogen) atoms. The summed E-state index contributed by atoms with van der Waals surface area (Å²) in [6.45, 7) is 0. The van der Waals surface area contributed by atoms with E-state index in [2.05, 4.69) is 10.1 Å². The van der Waals surface area contributed by atoms with E-state index in [1.54, 1.807) is 19.2 Å². The number of aromatic nitrogens is 2. The lowest BCUT2D eigenvalue weighted by Crippen LogP contribution is -2.01. The fourth-order valence-corrected chi connectivity index (χ4v) is 2.92. The highest BCUT2D eigenvalue weighted by atomic mass is 16.5. The molecule has 6 heteroatoms. The predicted molar refractivity (Wildman–Crippen MR) is 112 cm³/mol. The highest BCUT2D eigenvalue weighted by molar-refractivity contribution is 5.95. The molecule has 0 spiro atoms. The van der Waals surface area contributed by atoms with E-state index in [1.165, 1.54) is 6.20 Å². The maximum atomic E-state index is 12.5. The van der Waals surface area contributed by atoms with Gasteiger partial charge < -0.3 is 14.0 Å². The van der Waals surface area contributed by atoms with Crippen molar-refractivity contribution in [2.45, 2.75) is 12.8 Å². The van der Waals surface area contributed by atoms with Crippen molar-refractivity contribution >= 4 is 5.78 Å². The van der Waals surface area contributed by atoms with Crippen LogP contribution in [0.25, 0.3) is 11.3 Å². The predicted octanol–water partition coefficient (Wildman–Crippen LogP) is 5.35. The van der Waals surface area contributed by atoms with Gasteiger partial charge in [0.05, 0.1) is 7.11 Å². The maximum Gasteiger partial charge on any atom is 0.219 e. The SMILES string of the molecule is COc1ccc(-c2cc(CCC(=O)c3ccc(Oc4ccccc4)nc3)on2)cc1. The standard InChI is InChI=1S/C24H20N2O4/c1-28-19-10-7-17(8-11-19)22-15-21(30-26-22)12-13-23(27)18-9-14-24(25-16-18)29-20-5-3-2-4-6-20/h2-11,14-16H,12-13H2,1H3. The molecule has 0 atom stereocenters. The molecule has 0 radical (unpaired) electrons. The summed E-state index contributed by atoms with van der Waals surface area (Å²) in [7, 11) is 1.62. The quantitative estimate of drug-likeness (QED) is 0.371. The van der Waals surface area contributed by atoms with E-state index < -0.39 is 0 Å². The number of nitrogens with zero attached hydrogens (tertiary/aromatic N) is 2. The van der Waals surface area contributed by atoms with Crippen LogP contribution < -0.4 is 9.47 Å². The average Bonchev–Trinajstić information content (AvgIpc) is 3.28. The first kappa shape index (κ1) is 19.4. The summed E-state index contributed by atoms with van der Waals surface area (Å²) in [5, 5.41) is 4.09.